The van der Waals surface area contributed by atoms with Crippen LogP contribution in [0.4, 0.5) is 11.5 Å². The molecule has 180 valence electrons. The van der Waals surface area contributed by atoms with Gasteiger partial charge in [-0.3, -0.25) is 14.2 Å². The van der Waals surface area contributed by atoms with E-state index in [9.17, 15) is 10.1 Å². The van der Waals surface area contributed by atoms with E-state index in [1.807, 2.05) is 24.2 Å². The van der Waals surface area contributed by atoms with E-state index in [0.717, 1.165) is 67.0 Å². The zero-order valence-corrected chi connectivity index (χ0v) is 20.2. The number of rotatable bonds is 3. The Labute approximate surface area is 204 Å². The molecule has 1 unspecified atom stereocenters. The Kier molecular flexibility index (Phi) is 5.33. The number of carbonyl (C=O) groups excluding carboxylic acids is 1. The molecule has 0 aliphatic carbocycles. The molecule has 3 aliphatic rings. The second kappa shape index (κ2) is 8.54. The average molecular weight is 472 g/mol. The number of nitrogens with zero attached hydrogens (tertiary/aromatic N) is 7. The summed E-state index contributed by atoms with van der Waals surface area (Å²) in [7, 11) is 1.88. The van der Waals surface area contributed by atoms with Crippen molar-refractivity contribution in [3.05, 3.63) is 46.9 Å². The molecule has 1 aromatic carbocycles. The summed E-state index contributed by atoms with van der Waals surface area (Å²) in [5, 5.41) is 19.5. The van der Waals surface area contributed by atoms with E-state index in [0.29, 0.717) is 25.3 Å². The van der Waals surface area contributed by atoms with E-state index in [1.165, 1.54) is 11.3 Å². The first-order valence-corrected chi connectivity index (χ1v) is 12.3. The number of hydrogen-bond acceptors (Lipinski definition) is 6. The summed E-state index contributed by atoms with van der Waals surface area (Å²) in [6.07, 6.45) is 7.44. The highest BCUT2D eigenvalue weighted by molar-refractivity contribution is 5.79. The first kappa shape index (κ1) is 21.9. The van der Waals surface area contributed by atoms with Crippen LogP contribution in [-0.4, -0.2) is 56.7 Å². The largest absolute Gasteiger partial charge is 0.379 e. The summed E-state index contributed by atoms with van der Waals surface area (Å²) in [4.78, 5) is 16.4. The summed E-state index contributed by atoms with van der Waals surface area (Å²) in [6.45, 7) is 5.17. The van der Waals surface area contributed by atoms with Crippen molar-refractivity contribution >= 4 is 17.4 Å². The molecule has 2 aromatic heterocycles. The maximum atomic E-state index is 12.2. The molecule has 0 bridgehead atoms. The number of benzene rings is 1. The summed E-state index contributed by atoms with van der Waals surface area (Å²) in [5.74, 6) is 1.00. The molecule has 0 spiro atoms. The van der Waals surface area contributed by atoms with Crippen molar-refractivity contribution in [2.24, 2.45) is 7.05 Å². The molecule has 0 N–H and O–H groups in total. The lowest BCUT2D eigenvalue weighted by molar-refractivity contribution is -0.129. The fraction of sp³-hybridized carbons (Fsp3) is 0.462. The van der Waals surface area contributed by atoms with Gasteiger partial charge in [0.1, 0.15) is 0 Å². The second-order valence-electron chi connectivity index (χ2n) is 9.70. The van der Waals surface area contributed by atoms with Gasteiger partial charge in [-0.05, 0) is 37.0 Å². The minimum atomic E-state index is 0.0884. The number of ether oxygens (including phenoxy) is 1. The third-order valence-corrected chi connectivity index (χ3v) is 7.49. The lowest BCUT2D eigenvalue weighted by atomic mass is 9.93. The Morgan fingerprint density at radius 3 is 2.86 bits per heavy atom. The van der Waals surface area contributed by atoms with Gasteiger partial charge in [-0.15, -0.1) is 0 Å². The summed E-state index contributed by atoms with van der Waals surface area (Å²) < 4.78 is 9.60. The molecular formula is C26H29N7O2. The lowest BCUT2D eigenvalue weighted by Crippen LogP contribution is -2.35. The van der Waals surface area contributed by atoms with E-state index >= 15 is 0 Å². The Balaban J connectivity index is 1.47. The van der Waals surface area contributed by atoms with Crippen LogP contribution in [0.5, 0.6) is 0 Å². The van der Waals surface area contributed by atoms with Crippen LogP contribution < -0.4 is 4.90 Å². The van der Waals surface area contributed by atoms with Gasteiger partial charge in [0.25, 0.3) is 0 Å². The van der Waals surface area contributed by atoms with E-state index in [-0.39, 0.29) is 11.9 Å². The Morgan fingerprint density at radius 2 is 2.14 bits per heavy atom. The molecule has 35 heavy (non-hydrogen) atoms. The van der Waals surface area contributed by atoms with Crippen LogP contribution in [-0.2, 0) is 36.0 Å². The highest BCUT2D eigenvalue weighted by Crippen LogP contribution is 2.41. The average Bonchev–Trinajstić information content (AvgIpc) is 3.62. The number of hydrogen-bond donors (Lipinski definition) is 0. The Bertz CT molecular complexity index is 1340. The Morgan fingerprint density at radius 1 is 1.26 bits per heavy atom. The normalized spacial score (nSPS) is 19.4. The standard InChI is InChI=1S/C26H29N7O2/c1-17(34)31-8-5-24-23(15-31)26(29-33(24)21-6-9-35-16-21)32-7-3-4-18-10-22(19(12-27)11-25(18)32)20-13-28-30(2)14-20/h10-11,13-14,21H,3-9,15-16H2,1-2H3. The molecule has 3 aliphatic heterocycles. The van der Waals surface area contributed by atoms with Gasteiger partial charge in [0.05, 0.1) is 37.0 Å². The zero-order valence-electron chi connectivity index (χ0n) is 20.2. The molecule has 3 aromatic rings. The zero-order chi connectivity index (χ0) is 24.1. The SMILES string of the molecule is CC(=O)N1CCc2c(c(N3CCCc4cc(-c5cnn(C)c5)c(C#N)cc43)nn2C2CCOC2)C1. The number of carbonyl (C=O) groups is 1. The highest BCUT2D eigenvalue weighted by Gasteiger charge is 2.34. The second-order valence-corrected chi connectivity index (χ2v) is 9.70. The third-order valence-electron chi connectivity index (χ3n) is 7.49. The van der Waals surface area contributed by atoms with Gasteiger partial charge >= 0.3 is 0 Å². The smallest absolute Gasteiger partial charge is 0.219 e. The van der Waals surface area contributed by atoms with Crippen molar-refractivity contribution in [2.45, 2.75) is 45.2 Å². The van der Waals surface area contributed by atoms with Gasteiger partial charge in [-0.1, -0.05) is 0 Å². The molecule has 6 rings (SSSR count). The number of aryl methyl sites for hydroxylation is 2. The van der Waals surface area contributed by atoms with Crippen LogP contribution in [0.15, 0.2) is 24.5 Å². The molecule has 9 nitrogen and oxygen atoms in total. The van der Waals surface area contributed by atoms with E-state index in [1.54, 1.807) is 17.8 Å². The topological polar surface area (TPSA) is 92.2 Å². The predicted molar refractivity (Wildman–Crippen MR) is 130 cm³/mol. The molecule has 0 radical (unpaired) electrons. The number of fused-ring (bicyclic) bond motifs is 2. The summed E-state index contributed by atoms with van der Waals surface area (Å²) >= 11 is 0. The van der Waals surface area contributed by atoms with Crippen LogP contribution in [0, 0.1) is 11.3 Å². The van der Waals surface area contributed by atoms with Gasteiger partial charge in [0.2, 0.25) is 5.91 Å². The van der Waals surface area contributed by atoms with Crippen molar-refractivity contribution < 1.29 is 9.53 Å². The predicted octanol–water partition coefficient (Wildman–Crippen LogP) is 3.11. The number of aromatic nitrogens is 4. The van der Waals surface area contributed by atoms with Crippen LogP contribution in [0.1, 0.15) is 48.2 Å². The molecular weight excluding hydrogens is 442 g/mol. The van der Waals surface area contributed by atoms with Crippen molar-refractivity contribution in [3.63, 3.8) is 0 Å². The number of anilines is 2. The van der Waals surface area contributed by atoms with E-state index in [2.05, 4.69) is 26.8 Å². The van der Waals surface area contributed by atoms with E-state index < -0.39 is 0 Å². The lowest BCUT2D eigenvalue weighted by Gasteiger charge is -2.33. The molecule has 1 amide bonds. The summed E-state index contributed by atoms with van der Waals surface area (Å²) in [5.41, 5.74) is 7.08. The molecule has 5 heterocycles. The van der Waals surface area contributed by atoms with Crippen LogP contribution in [0.25, 0.3) is 11.1 Å². The molecule has 1 atom stereocenters. The van der Waals surface area contributed by atoms with Crippen LogP contribution >= 0.6 is 0 Å². The van der Waals surface area contributed by atoms with Crippen LogP contribution in [0.3, 0.4) is 0 Å². The van der Waals surface area contributed by atoms with Gasteiger partial charge < -0.3 is 14.5 Å². The minimum absolute atomic E-state index is 0.0884. The van der Waals surface area contributed by atoms with Gasteiger partial charge in [0.15, 0.2) is 5.82 Å². The third kappa shape index (κ3) is 3.69. The molecule has 1 fully saturated rings. The molecule has 9 heteroatoms. The quantitative estimate of drug-likeness (QED) is 0.583. The van der Waals surface area contributed by atoms with E-state index in [4.69, 9.17) is 9.84 Å². The fourth-order valence-corrected chi connectivity index (χ4v) is 5.68. The van der Waals surface area contributed by atoms with Gasteiger partial charge in [-0.2, -0.15) is 15.5 Å². The highest BCUT2D eigenvalue weighted by atomic mass is 16.5. The fourth-order valence-electron chi connectivity index (χ4n) is 5.68. The maximum absolute atomic E-state index is 12.2. The van der Waals surface area contributed by atoms with Crippen molar-refractivity contribution in [2.75, 3.05) is 31.2 Å². The van der Waals surface area contributed by atoms with Crippen LogP contribution in [0.2, 0.25) is 0 Å². The van der Waals surface area contributed by atoms with Crippen molar-refractivity contribution in [3.8, 4) is 17.2 Å². The molecule has 1 saturated heterocycles. The van der Waals surface area contributed by atoms with Crippen molar-refractivity contribution in [1.82, 2.24) is 24.5 Å². The first-order valence-electron chi connectivity index (χ1n) is 12.3. The monoisotopic (exact) mass is 471 g/mol. The summed E-state index contributed by atoms with van der Waals surface area (Å²) in [6, 6.07) is 6.78. The van der Waals surface area contributed by atoms with Crippen molar-refractivity contribution in [1.29, 1.82) is 5.26 Å². The Hall–Kier alpha value is -3.64. The molecule has 0 saturated carbocycles. The number of nitriles is 1. The minimum Gasteiger partial charge on any atom is -0.379 e. The van der Waals surface area contributed by atoms with Gasteiger partial charge in [0, 0.05) is 74.4 Å². The maximum Gasteiger partial charge on any atom is 0.219 e. The number of amides is 1. The van der Waals surface area contributed by atoms with Gasteiger partial charge in [-0.25, -0.2) is 0 Å². The first-order chi connectivity index (χ1) is 17.0.